The van der Waals surface area contributed by atoms with E-state index in [0.29, 0.717) is 42.7 Å². The SMILES string of the molecule is CCC(=O)Nc1cc2cc(-c3c(OC)nc(N(C)C)nc3OC)n(C)c2cn1.CF.[HH]. The Labute approximate surface area is 176 Å². The molecule has 0 aromatic carbocycles. The van der Waals surface area contributed by atoms with Crippen LogP contribution in [-0.2, 0) is 11.8 Å². The maximum atomic E-state index is 11.7. The summed E-state index contributed by atoms with van der Waals surface area (Å²) in [6, 6.07) is 3.80. The first kappa shape index (κ1) is 22.9. The standard InChI is InChI=1S/C19H24N6O3.CH3F.H2/c1-7-15(26)21-14-9-11-8-12(25(4)13(11)10-20-14)16-17(27-5)22-19(24(2)3)23-18(16)28-6;1-2;/h8-10H,7H2,1-6H3,(H,20,21,26);1H3;1H. The lowest BCUT2D eigenvalue weighted by Gasteiger charge is -2.17. The summed E-state index contributed by atoms with van der Waals surface area (Å²) in [5.74, 6) is 1.74. The number of methoxy groups -OCH3 is 2. The minimum atomic E-state index is -0.0842. The molecule has 0 aliphatic carbocycles. The van der Waals surface area contributed by atoms with Gasteiger partial charge in [-0.05, 0) is 12.1 Å². The largest absolute Gasteiger partial charge is 0.480 e. The van der Waals surface area contributed by atoms with Crippen LogP contribution in [0, 0.1) is 0 Å². The van der Waals surface area contributed by atoms with E-state index < -0.39 is 0 Å². The van der Waals surface area contributed by atoms with Gasteiger partial charge in [-0.3, -0.25) is 9.18 Å². The summed E-state index contributed by atoms with van der Waals surface area (Å²) < 4.78 is 22.5. The summed E-state index contributed by atoms with van der Waals surface area (Å²) in [5.41, 5.74) is 2.36. The van der Waals surface area contributed by atoms with Gasteiger partial charge in [0.15, 0.2) is 0 Å². The fraction of sp³-hybridized carbons (Fsp3) is 0.400. The molecule has 3 heterocycles. The van der Waals surface area contributed by atoms with Crippen LogP contribution in [-0.4, -0.2) is 60.9 Å². The van der Waals surface area contributed by atoms with Gasteiger partial charge >= 0.3 is 0 Å². The number of halogens is 1. The number of amides is 1. The molecule has 3 rings (SSSR count). The number of ether oxygens (including phenoxy) is 2. The van der Waals surface area contributed by atoms with Gasteiger partial charge in [0.05, 0.1) is 38.8 Å². The molecule has 0 radical (unpaired) electrons. The zero-order valence-corrected chi connectivity index (χ0v) is 18.3. The molecule has 0 fully saturated rings. The predicted octanol–water partition coefficient (Wildman–Crippen LogP) is 3.29. The fourth-order valence-corrected chi connectivity index (χ4v) is 2.90. The molecule has 0 aliphatic heterocycles. The molecule has 0 saturated carbocycles. The van der Waals surface area contributed by atoms with Crippen molar-refractivity contribution in [1.82, 2.24) is 19.5 Å². The van der Waals surface area contributed by atoms with Crippen molar-refractivity contribution in [3.8, 4) is 23.0 Å². The van der Waals surface area contributed by atoms with Gasteiger partial charge in [-0.2, -0.15) is 9.97 Å². The van der Waals surface area contributed by atoms with Crippen molar-refractivity contribution in [2.45, 2.75) is 13.3 Å². The van der Waals surface area contributed by atoms with Crippen molar-refractivity contribution >= 4 is 28.6 Å². The normalized spacial score (nSPS) is 10.3. The highest BCUT2D eigenvalue weighted by atomic mass is 19.1. The molecule has 0 aliphatic rings. The number of carbonyl (C=O) groups is 1. The monoisotopic (exact) mass is 420 g/mol. The van der Waals surface area contributed by atoms with E-state index in [1.807, 2.05) is 37.8 Å². The number of aryl methyl sites for hydroxylation is 1. The van der Waals surface area contributed by atoms with Gasteiger partial charge in [0.1, 0.15) is 11.4 Å². The van der Waals surface area contributed by atoms with E-state index in [1.165, 1.54) is 0 Å². The van der Waals surface area contributed by atoms with E-state index in [1.54, 1.807) is 32.2 Å². The smallest absolute Gasteiger partial charge is 0.231 e. The Morgan fingerprint density at radius 2 is 1.80 bits per heavy atom. The second kappa shape index (κ2) is 9.86. The number of hydrogen-bond acceptors (Lipinski definition) is 7. The van der Waals surface area contributed by atoms with Crippen LogP contribution in [0.1, 0.15) is 14.8 Å². The average Bonchev–Trinajstić information content (AvgIpc) is 3.09. The molecule has 3 aromatic rings. The van der Waals surface area contributed by atoms with Crippen LogP contribution in [0.15, 0.2) is 18.3 Å². The molecular weight excluding hydrogens is 391 g/mol. The third kappa shape index (κ3) is 4.42. The second-order valence-corrected chi connectivity index (χ2v) is 6.43. The van der Waals surface area contributed by atoms with E-state index >= 15 is 0 Å². The van der Waals surface area contributed by atoms with Crippen molar-refractivity contribution < 1.29 is 20.1 Å². The molecule has 0 unspecified atom stereocenters. The topological polar surface area (TPSA) is 94.4 Å². The molecule has 30 heavy (non-hydrogen) atoms. The highest BCUT2D eigenvalue weighted by Crippen LogP contribution is 2.39. The van der Waals surface area contributed by atoms with E-state index in [-0.39, 0.29) is 7.33 Å². The number of nitrogens with zero attached hydrogens (tertiary/aromatic N) is 5. The molecule has 1 amide bonds. The first-order valence-corrected chi connectivity index (χ1v) is 9.20. The van der Waals surface area contributed by atoms with Gasteiger partial charge in [0, 0.05) is 34.4 Å². The summed E-state index contributed by atoms with van der Waals surface area (Å²) in [5, 5.41) is 3.69. The van der Waals surface area contributed by atoms with Crippen LogP contribution in [0.2, 0.25) is 0 Å². The Bertz CT molecular complexity index is 1020. The summed E-state index contributed by atoms with van der Waals surface area (Å²) in [6.45, 7) is 1.80. The van der Waals surface area contributed by atoms with Crippen molar-refractivity contribution in [2.75, 3.05) is 45.7 Å². The highest BCUT2D eigenvalue weighted by molar-refractivity contribution is 5.94. The Morgan fingerprint density at radius 1 is 1.20 bits per heavy atom. The number of anilines is 2. The summed E-state index contributed by atoms with van der Waals surface area (Å²) in [4.78, 5) is 26.7. The quantitative estimate of drug-likeness (QED) is 0.654. The Hall–Kier alpha value is -3.43. The lowest BCUT2D eigenvalue weighted by molar-refractivity contribution is -0.115. The van der Waals surface area contributed by atoms with Crippen LogP contribution in [0.25, 0.3) is 22.2 Å². The van der Waals surface area contributed by atoms with Crippen molar-refractivity contribution in [2.24, 2.45) is 7.05 Å². The molecular formula is C20H29FN6O3. The maximum absolute atomic E-state index is 11.7. The Balaban J connectivity index is 0.00000156. The molecule has 0 atom stereocenters. The molecule has 164 valence electrons. The van der Waals surface area contributed by atoms with Crippen molar-refractivity contribution in [3.63, 3.8) is 0 Å². The van der Waals surface area contributed by atoms with Crippen LogP contribution < -0.4 is 19.7 Å². The average molecular weight is 420 g/mol. The van der Waals surface area contributed by atoms with Crippen LogP contribution in [0.4, 0.5) is 16.2 Å². The predicted molar refractivity (Wildman–Crippen MR) is 117 cm³/mol. The molecule has 0 bridgehead atoms. The maximum Gasteiger partial charge on any atom is 0.231 e. The van der Waals surface area contributed by atoms with Crippen LogP contribution in [0.5, 0.6) is 11.8 Å². The van der Waals surface area contributed by atoms with Crippen LogP contribution in [0.3, 0.4) is 0 Å². The second-order valence-electron chi connectivity index (χ2n) is 6.43. The lowest BCUT2D eigenvalue weighted by Crippen LogP contribution is -2.14. The van der Waals surface area contributed by atoms with E-state index in [2.05, 4.69) is 20.3 Å². The number of pyridine rings is 1. The summed E-state index contributed by atoms with van der Waals surface area (Å²) in [7, 11) is 9.24. The minimum absolute atomic E-state index is 0. The molecule has 10 heteroatoms. The van der Waals surface area contributed by atoms with Gasteiger partial charge in [0.2, 0.25) is 23.6 Å². The number of nitrogens with one attached hydrogen (secondary N) is 1. The first-order chi connectivity index (χ1) is 14.4. The van der Waals surface area contributed by atoms with E-state index in [0.717, 1.165) is 16.6 Å². The van der Waals surface area contributed by atoms with Crippen molar-refractivity contribution in [3.05, 3.63) is 18.3 Å². The number of fused-ring (bicyclic) bond motifs is 1. The first-order valence-electron chi connectivity index (χ1n) is 9.20. The third-order valence-electron chi connectivity index (χ3n) is 4.39. The zero-order chi connectivity index (χ0) is 22.4. The number of hydrogen-bond donors (Lipinski definition) is 1. The molecule has 1 N–H and O–H groups in total. The number of alkyl halides is 1. The zero-order valence-electron chi connectivity index (χ0n) is 18.3. The highest BCUT2D eigenvalue weighted by Gasteiger charge is 2.22. The third-order valence-corrected chi connectivity index (χ3v) is 4.39. The van der Waals surface area contributed by atoms with Gasteiger partial charge in [-0.15, -0.1) is 0 Å². The van der Waals surface area contributed by atoms with Crippen molar-refractivity contribution in [1.29, 1.82) is 0 Å². The molecule has 9 nitrogen and oxygen atoms in total. The number of rotatable bonds is 6. The van der Waals surface area contributed by atoms with Gasteiger partial charge < -0.3 is 24.3 Å². The minimum Gasteiger partial charge on any atom is -0.480 e. The Kier molecular flexibility index (Phi) is 7.51. The van der Waals surface area contributed by atoms with Gasteiger partial charge in [0.25, 0.3) is 0 Å². The summed E-state index contributed by atoms with van der Waals surface area (Å²) in [6.07, 6.45) is 2.11. The molecule has 3 aromatic heterocycles. The van der Waals surface area contributed by atoms with Gasteiger partial charge in [-0.25, -0.2) is 4.98 Å². The van der Waals surface area contributed by atoms with Gasteiger partial charge in [-0.1, -0.05) is 6.92 Å². The fourth-order valence-electron chi connectivity index (χ4n) is 2.90. The Morgan fingerprint density at radius 3 is 2.30 bits per heavy atom. The summed E-state index contributed by atoms with van der Waals surface area (Å²) >= 11 is 0. The number of aromatic nitrogens is 4. The lowest BCUT2D eigenvalue weighted by atomic mass is 10.2. The molecule has 0 spiro atoms. The molecule has 0 saturated heterocycles. The van der Waals surface area contributed by atoms with E-state index in [9.17, 15) is 9.18 Å². The number of carbonyl (C=O) groups excluding carboxylic acids is 1. The van der Waals surface area contributed by atoms with Crippen LogP contribution >= 0.6 is 0 Å². The van der Waals surface area contributed by atoms with E-state index in [4.69, 9.17) is 9.47 Å².